The molecule has 32 heavy (non-hydrogen) atoms. The van der Waals surface area contributed by atoms with Gasteiger partial charge in [-0.3, -0.25) is 9.36 Å². The van der Waals surface area contributed by atoms with Crippen molar-refractivity contribution in [2.24, 2.45) is 0 Å². The lowest BCUT2D eigenvalue weighted by molar-refractivity contribution is -0.113. The van der Waals surface area contributed by atoms with Crippen molar-refractivity contribution >= 4 is 23.4 Å². The van der Waals surface area contributed by atoms with E-state index in [-0.39, 0.29) is 11.7 Å². The zero-order valence-electron chi connectivity index (χ0n) is 17.2. The van der Waals surface area contributed by atoms with Crippen LogP contribution in [0.5, 0.6) is 5.75 Å². The number of hydrogen-bond donors (Lipinski definition) is 1. The summed E-state index contributed by atoms with van der Waals surface area (Å²) in [5.74, 6) is 1.30. The van der Waals surface area contributed by atoms with E-state index < -0.39 is 0 Å². The lowest BCUT2D eigenvalue weighted by atomic mass is 10.2. The number of benzene rings is 3. The summed E-state index contributed by atoms with van der Waals surface area (Å²) in [5.41, 5.74) is 2.67. The van der Waals surface area contributed by atoms with Gasteiger partial charge in [-0.1, -0.05) is 42.1 Å². The number of methoxy groups -OCH3 is 1. The van der Waals surface area contributed by atoms with Gasteiger partial charge in [-0.2, -0.15) is 5.26 Å². The first-order chi connectivity index (χ1) is 15.7. The van der Waals surface area contributed by atoms with Crippen molar-refractivity contribution in [2.45, 2.75) is 5.16 Å². The molecule has 4 aromatic rings. The fourth-order valence-electron chi connectivity index (χ4n) is 3.11. The maximum Gasteiger partial charge on any atom is 0.234 e. The number of anilines is 1. The van der Waals surface area contributed by atoms with Crippen LogP contribution in [-0.4, -0.2) is 33.5 Å². The van der Waals surface area contributed by atoms with Crippen molar-refractivity contribution in [2.75, 3.05) is 18.2 Å². The van der Waals surface area contributed by atoms with Gasteiger partial charge in [0.1, 0.15) is 11.8 Å². The Hall–Kier alpha value is -4.09. The predicted molar refractivity (Wildman–Crippen MR) is 124 cm³/mol. The van der Waals surface area contributed by atoms with E-state index in [0.717, 1.165) is 17.0 Å². The van der Waals surface area contributed by atoms with E-state index in [1.54, 1.807) is 31.4 Å². The molecule has 0 fully saturated rings. The second kappa shape index (κ2) is 9.81. The van der Waals surface area contributed by atoms with E-state index in [2.05, 4.69) is 21.6 Å². The van der Waals surface area contributed by atoms with E-state index in [0.29, 0.717) is 22.2 Å². The summed E-state index contributed by atoms with van der Waals surface area (Å²) in [6.07, 6.45) is 0. The number of para-hydroxylation sites is 2. The van der Waals surface area contributed by atoms with Gasteiger partial charge in [0.2, 0.25) is 5.91 Å². The minimum absolute atomic E-state index is 0.118. The Balaban J connectivity index is 1.59. The summed E-state index contributed by atoms with van der Waals surface area (Å²) in [4.78, 5) is 12.5. The molecule has 4 rings (SSSR count). The number of carbonyl (C=O) groups is 1. The van der Waals surface area contributed by atoms with E-state index in [1.807, 2.05) is 59.2 Å². The number of amides is 1. The van der Waals surface area contributed by atoms with Gasteiger partial charge in [-0.15, -0.1) is 10.2 Å². The Labute approximate surface area is 189 Å². The molecule has 0 atom stereocenters. The van der Waals surface area contributed by atoms with Gasteiger partial charge in [0, 0.05) is 11.3 Å². The van der Waals surface area contributed by atoms with Crippen LogP contribution in [0.4, 0.5) is 5.69 Å². The Kier molecular flexibility index (Phi) is 6.49. The van der Waals surface area contributed by atoms with Crippen molar-refractivity contribution in [3.05, 3.63) is 84.4 Å². The number of thioether (sulfide) groups is 1. The third kappa shape index (κ3) is 4.63. The zero-order valence-corrected chi connectivity index (χ0v) is 18.0. The fraction of sp³-hybridized carbons (Fsp3) is 0.0833. The third-order valence-corrected chi connectivity index (χ3v) is 5.58. The SMILES string of the molecule is COc1ccc(-c2nnc(SCC(=O)Nc3ccccc3C#N)n2-c2ccccc2)cc1. The van der Waals surface area contributed by atoms with E-state index in [4.69, 9.17) is 4.74 Å². The summed E-state index contributed by atoms with van der Waals surface area (Å²) in [7, 11) is 1.62. The molecule has 0 radical (unpaired) electrons. The maximum atomic E-state index is 12.5. The average molecular weight is 442 g/mol. The number of nitriles is 1. The van der Waals surface area contributed by atoms with Gasteiger partial charge in [0.25, 0.3) is 0 Å². The summed E-state index contributed by atoms with van der Waals surface area (Å²) in [6.45, 7) is 0. The molecular formula is C24H19N5O2S. The van der Waals surface area contributed by atoms with Crippen molar-refractivity contribution in [3.63, 3.8) is 0 Å². The van der Waals surface area contributed by atoms with Gasteiger partial charge >= 0.3 is 0 Å². The minimum atomic E-state index is -0.230. The molecule has 0 spiro atoms. The first-order valence-corrected chi connectivity index (χ1v) is 10.7. The van der Waals surface area contributed by atoms with Crippen LogP contribution in [0.25, 0.3) is 17.1 Å². The minimum Gasteiger partial charge on any atom is -0.497 e. The number of nitrogens with zero attached hydrogens (tertiary/aromatic N) is 4. The topological polar surface area (TPSA) is 92.8 Å². The third-order valence-electron chi connectivity index (χ3n) is 4.65. The lowest BCUT2D eigenvalue weighted by Crippen LogP contribution is -2.15. The molecule has 7 nitrogen and oxygen atoms in total. The molecule has 0 aliphatic rings. The first-order valence-electron chi connectivity index (χ1n) is 9.76. The van der Waals surface area contributed by atoms with Crippen LogP contribution in [0.1, 0.15) is 5.56 Å². The monoisotopic (exact) mass is 441 g/mol. The van der Waals surface area contributed by atoms with E-state index in [1.165, 1.54) is 11.8 Å². The molecule has 1 heterocycles. The fourth-order valence-corrected chi connectivity index (χ4v) is 3.86. The molecule has 3 aromatic carbocycles. The molecule has 8 heteroatoms. The smallest absolute Gasteiger partial charge is 0.234 e. The number of aromatic nitrogens is 3. The quantitative estimate of drug-likeness (QED) is 0.423. The highest BCUT2D eigenvalue weighted by Gasteiger charge is 2.17. The highest BCUT2D eigenvalue weighted by Crippen LogP contribution is 2.29. The molecule has 1 aromatic heterocycles. The highest BCUT2D eigenvalue weighted by molar-refractivity contribution is 7.99. The van der Waals surface area contributed by atoms with Crippen LogP contribution in [0.3, 0.4) is 0 Å². The van der Waals surface area contributed by atoms with Crippen LogP contribution >= 0.6 is 11.8 Å². The van der Waals surface area contributed by atoms with Crippen LogP contribution in [0.2, 0.25) is 0 Å². The molecule has 0 saturated heterocycles. The Bertz CT molecular complexity index is 1260. The molecule has 0 saturated carbocycles. The standard InChI is InChI=1S/C24H19N5O2S/c1-31-20-13-11-17(12-14-20)23-27-28-24(29(23)19-8-3-2-4-9-19)32-16-22(30)26-21-10-6-5-7-18(21)15-25/h2-14H,16H2,1H3,(H,26,30). The number of carbonyl (C=O) groups excluding carboxylic acids is 1. The van der Waals surface area contributed by atoms with Gasteiger partial charge in [-0.05, 0) is 48.5 Å². The van der Waals surface area contributed by atoms with E-state index >= 15 is 0 Å². The summed E-state index contributed by atoms with van der Waals surface area (Å²) in [5, 5.41) is 21.3. The number of rotatable bonds is 7. The Morgan fingerprint density at radius 3 is 2.47 bits per heavy atom. The first kappa shape index (κ1) is 21.2. The van der Waals surface area contributed by atoms with Crippen LogP contribution in [0.15, 0.2) is 84.0 Å². The summed E-state index contributed by atoms with van der Waals surface area (Å²) in [6, 6.07) is 26.3. The Morgan fingerprint density at radius 2 is 1.75 bits per heavy atom. The number of hydrogen-bond acceptors (Lipinski definition) is 6. The second-order valence-electron chi connectivity index (χ2n) is 6.70. The van der Waals surface area contributed by atoms with Crippen molar-refractivity contribution in [3.8, 4) is 28.9 Å². The van der Waals surface area contributed by atoms with Gasteiger partial charge in [0.05, 0.1) is 24.1 Å². The summed E-state index contributed by atoms with van der Waals surface area (Å²) >= 11 is 1.28. The molecule has 1 N–H and O–H groups in total. The maximum absolute atomic E-state index is 12.5. The predicted octanol–water partition coefficient (Wildman–Crippen LogP) is 4.55. The van der Waals surface area contributed by atoms with Crippen LogP contribution < -0.4 is 10.1 Å². The zero-order chi connectivity index (χ0) is 22.3. The van der Waals surface area contributed by atoms with Crippen molar-refractivity contribution < 1.29 is 9.53 Å². The number of ether oxygens (including phenoxy) is 1. The van der Waals surface area contributed by atoms with Gasteiger partial charge in [0.15, 0.2) is 11.0 Å². The van der Waals surface area contributed by atoms with Crippen LogP contribution in [-0.2, 0) is 4.79 Å². The molecule has 0 aliphatic carbocycles. The van der Waals surface area contributed by atoms with Gasteiger partial charge < -0.3 is 10.1 Å². The van der Waals surface area contributed by atoms with Crippen molar-refractivity contribution in [1.29, 1.82) is 5.26 Å². The van der Waals surface area contributed by atoms with E-state index in [9.17, 15) is 10.1 Å². The molecule has 0 unspecified atom stereocenters. The summed E-state index contributed by atoms with van der Waals surface area (Å²) < 4.78 is 7.16. The second-order valence-corrected chi connectivity index (χ2v) is 7.64. The number of nitrogens with one attached hydrogen (secondary N) is 1. The molecule has 158 valence electrons. The molecular weight excluding hydrogens is 422 g/mol. The average Bonchev–Trinajstić information content (AvgIpc) is 3.27. The molecule has 0 bridgehead atoms. The lowest BCUT2D eigenvalue weighted by Gasteiger charge is -2.11. The molecule has 1 amide bonds. The van der Waals surface area contributed by atoms with Crippen LogP contribution in [0, 0.1) is 11.3 Å². The highest BCUT2D eigenvalue weighted by atomic mass is 32.2. The van der Waals surface area contributed by atoms with Gasteiger partial charge in [-0.25, -0.2) is 0 Å². The largest absolute Gasteiger partial charge is 0.497 e. The Morgan fingerprint density at radius 1 is 1.03 bits per heavy atom. The molecule has 0 aliphatic heterocycles. The van der Waals surface area contributed by atoms with Crippen molar-refractivity contribution in [1.82, 2.24) is 14.8 Å². The normalized spacial score (nSPS) is 10.4.